The number of halogens is 1. The van der Waals surface area contributed by atoms with E-state index in [4.69, 9.17) is 16.3 Å². The average molecular weight is 346 g/mol. The Labute approximate surface area is 146 Å². The van der Waals surface area contributed by atoms with E-state index >= 15 is 0 Å². The van der Waals surface area contributed by atoms with Crippen LogP contribution in [0.3, 0.4) is 0 Å². The summed E-state index contributed by atoms with van der Waals surface area (Å²) in [7, 11) is 1.62. The van der Waals surface area contributed by atoms with Gasteiger partial charge >= 0.3 is 0 Å². The van der Waals surface area contributed by atoms with Crippen molar-refractivity contribution in [1.82, 2.24) is 16.2 Å². The summed E-state index contributed by atoms with van der Waals surface area (Å²) >= 11 is 6.22. The fraction of sp³-hybridized carbons (Fsp3) is 0.278. The fourth-order valence-corrected chi connectivity index (χ4v) is 3.11. The molecule has 2 atom stereocenters. The smallest absolute Gasteiger partial charge is 0.238 e. The van der Waals surface area contributed by atoms with E-state index < -0.39 is 0 Å². The number of ether oxygens (including phenoxy) is 1. The molecule has 1 aliphatic heterocycles. The molecule has 0 aliphatic carbocycles. The normalized spacial score (nSPS) is 19.9. The topological polar surface area (TPSA) is 62.4 Å². The molecule has 1 aliphatic rings. The van der Waals surface area contributed by atoms with Gasteiger partial charge in [-0.3, -0.25) is 4.79 Å². The highest BCUT2D eigenvalue weighted by Crippen LogP contribution is 2.28. The van der Waals surface area contributed by atoms with Gasteiger partial charge in [0.25, 0.3) is 0 Å². The number of nitrogens with one attached hydrogen (secondary N) is 3. The molecule has 3 rings (SSSR count). The average Bonchev–Trinajstić information content (AvgIpc) is 3.10. The van der Waals surface area contributed by atoms with E-state index in [2.05, 4.69) is 16.2 Å². The summed E-state index contributed by atoms with van der Waals surface area (Å²) in [5, 5.41) is 3.65. The van der Waals surface area contributed by atoms with Crippen LogP contribution in [0.2, 0.25) is 5.02 Å². The van der Waals surface area contributed by atoms with E-state index in [0.717, 1.165) is 16.9 Å². The molecule has 0 spiro atoms. The Morgan fingerprint density at radius 1 is 1.21 bits per heavy atom. The Bertz CT molecular complexity index is 723. The molecule has 126 valence electrons. The molecule has 2 aromatic rings. The van der Waals surface area contributed by atoms with Crippen LogP contribution in [0.4, 0.5) is 0 Å². The van der Waals surface area contributed by atoms with Gasteiger partial charge in [-0.05, 0) is 24.1 Å². The van der Waals surface area contributed by atoms with E-state index in [1.807, 2.05) is 48.5 Å². The van der Waals surface area contributed by atoms with E-state index in [1.54, 1.807) is 7.11 Å². The molecule has 1 fully saturated rings. The SMILES string of the molecule is COc1ccccc1CNC(=O)C1CC(c2ccccc2Cl)NN1. The number of hydrazine groups is 1. The van der Waals surface area contributed by atoms with Gasteiger partial charge in [0.1, 0.15) is 11.8 Å². The molecule has 3 N–H and O–H groups in total. The van der Waals surface area contributed by atoms with E-state index in [0.29, 0.717) is 18.0 Å². The molecule has 24 heavy (non-hydrogen) atoms. The minimum absolute atomic E-state index is 0.0145. The van der Waals surface area contributed by atoms with Crippen molar-refractivity contribution in [2.75, 3.05) is 7.11 Å². The monoisotopic (exact) mass is 345 g/mol. The van der Waals surface area contributed by atoms with E-state index in [9.17, 15) is 4.79 Å². The Morgan fingerprint density at radius 3 is 2.75 bits per heavy atom. The number of carbonyl (C=O) groups is 1. The number of hydrogen-bond acceptors (Lipinski definition) is 4. The maximum absolute atomic E-state index is 12.4. The van der Waals surface area contributed by atoms with Crippen molar-refractivity contribution in [3.63, 3.8) is 0 Å². The summed E-state index contributed by atoms with van der Waals surface area (Å²) in [5.41, 5.74) is 8.13. The predicted molar refractivity (Wildman–Crippen MR) is 93.7 cm³/mol. The molecule has 0 saturated carbocycles. The summed E-state index contributed by atoms with van der Waals surface area (Å²) < 4.78 is 5.30. The Balaban J connectivity index is 1.58. The first-order valence-electron chi connectivity index (χ1n) is 7.84. The van der Waals surface area contributed by atoms with Gasteiger partial charge in [-0.2, -0.15) is 0 Å². The number of rotatable bonds is 5. The molecule has 1 amide bonds. The van der Waals surface area contributed by atoms with Crippen LogP contribution >= 0.6 is 11.6 Å². The quantitative estimate of drug-likeness (QED) is 0.779. The van der Waals surface area contributed by atoms with Crippen LogP contribution in [0.25, 0.3) is 0 Å². The molecule has 2 aromatic carbocycles. The van der Waals surface area contributed by atoms with Crippen molar-refractivity contribution in [2.45, 2.75) is 25.0 Å². The first-order chi connectivity index (χ1) is 11.7. The van der Waals surface area contributed by atoms with Gasteiger partial charge in [-0.1, -0.05) is 48.0 Å². The third-order valence-corrected chi connectivity index (χ3v) is 4.49. The zero-order valence-corrected chi connectivity index (χ0v) is 14.1. The summed E-state index contributed by atoms with van der Waals surface area (Å²) in [4.78, 5) is 12.4. The molecule has 0 aromatic heterocycles. The van der Waals surface area contributed by atoms with Gasteiger partial charge in [-0.25, -0.2) is 10.9 Å². The highest BCUT2D eigenvalue weighted by atomic mass is 35.5. The van der Waals surface area contributed by atoms with Crippen molar-refractivity contribution in [1.29, 1.82) is 0 Å². The summed E-state index contributed by atoms with van der Waals surface area (Å²) in [6, 6.07) is 15.0. The van der Waals surface area contributed by atoms with Crippen LogP contribution in [0, 0.1) is 0 Å². The minimum Gasteiger partial charge on any atom is -0.496 e. The van der Waals surface area contributed by atoms with Crippen molar-refractivity contribution in [3.8, 4) is 5.75 Å². The van der Waals surface area contributed by atoms with Gasteiger partial charge in [0.05, 0.1) is 7.11 Å². The van der Waals surface area contributed by atoms with E-state index in [-0.39, 0.29) is 18.0 Å². The van der Waals surface area contributed by atoms with Crippen LogP contribution in [0.5, 0.6) is 5.75 Å². The van der Waals surface area contributed by atoms with Crippen molar-refractivity contribution in [2.24, 2.45) is 0 Å². The van der Waals surface area contributed by atoms with Crippen molar-refractivity contribution in [3.05, 3.63) is 64.7 Å². The van der Waals surface area contributed by atoms with E-state index in [1.165, 1.54) is 0 Å². The molecule has 0 radical (unpaired) electrons. The summed E-state index contributed by atoms with van der Waals surface area (Å²) in [6.45, 7) is 0.428. The highest BCUT2D eigenvalue weighted by Gasteiger charge is 2.30. The van der Waals surface area contributed by atoms with Gasteiger partial charge in [0, 0.05) is 23.2 Å². The molecular weight excluding hydrogens is 326 g/mol. The van der Waals surface area contributed by atoms with Gasteiger partial charge in [0.2, 0.25) is 5.91 Å². The second-order valence-electron chi connectivity index (χ2n) is 5.68. The predicted octanol–water partition coefficient (Wildman–Crippen LogP) is 2.57. The molecule has 6 heteroatoms. The van der Waals surface area contributed by atoms with Gasteiger partial charge in [0.15, 0.2) is 0 Å². The second kappa shape index (κ2) is 7.66. The van der Waals surface area contributed by atoms with Crippen molar-refractivity contribution >= 4 is 17.5 Å². The Hall–Kier alpha value is -2.08. The summed E-state index contributed by atoms with van der Waals surface area (Å²) in [5.74, 6) is 0.715. The lowest BCUT2D eigenvalue weighted by atomic mass is 10.0. The largest absolute Gasteiger partial charge is 0.496 e. The lowest BCUT2D eigenvalue weighted by molar-refractivity contribution is -0.123. The van der Waals surface area contributed by atoms with Crippen LogP contribution in [0.1, 0.15) is 23.6 Å². The first kappa shape index (κ1) is 16.8. The van der Waals surface area contributed by atoms with Gasteiger partial charge in [-0.15, -0.1) is 0 Å². The molecule has 2 unspecified atom stereocenters. The maximum atomic E-state index is 12.4. The Morgan fingerprint density at radius 2 is 1.96 bits per heavy atom. The molecule has 1 saturated heterocycles. The van der Waals surface area contributed by atoms with Crippen LogP contribution < -0.4 is 20.9 Å². The molecule has 5 nitrogen and oxygen atoms in total. The second-order valence-corrected chi connectivity index (χ2v) is 6.09. The zero-order chi connectivity index (χ0) is 16.9. The lowest BCUT2D eigenvalue weighted by Crippen LogP contribution is -2.42. The number of carbonyl (C=O) groups excluding carboxylic acids is 1. The van der Waals surface area contributed by atoms with Gasteiger partial charge < -0.3 is 10.1 Å². The van der Waals surface area contributed by atoms with Crippen LogP contribution in [-0.2, 0) is 11.3 Å². The number of benzene rings is 2. The third kappa shape index (κ3) is 3.70. The standard InChI is InChI=1S/C18H20ClN3O2/c1-24-17-9-5-2-6-12(17)11-20-18(23)16-10-15(21-22-16)13-7-3-4-8-14(13)19/h2-9,15-16,21-22H,10-11H2,1H3,(H,20,23). The van der Waals surface area contributed by atoms with Crippen LogP contribution in [-0.4, -0.2) is 19.1 Å². The molecule has 0 bridgehead atoms. The third-order valence-electron chi connectivity index (χ3n) is 4.15. The van der Waals surface area contributed by atoms with Crippen molar-refractivity contribution < 1.29 is 9.53 Å². The lowest BCUT2D eigenvalue weighted by Gasteiger charge is -2.13. The highest BCUT2D eigenvalue weighted by molar-refractivity contribution is 6.31. The minimum atomic E-state index is -0.305. The molecular formula is C18H20ClN3O2. The number of methoxy groups -OCH3 is 1. The number of amides is 1. The van der Waals surface area contributed by atoms with Crippen LogP contribution in [0.15, 0.2) is 48.5 Å². The fourth-order valence-electron chi connectivity index (χ4n) is 2.84. The summed E-state index contributed by atoms with van der Waals surface area (Å²) in [6.07, 6.45) is 0.640. The maximum Gasteiger partial charge on any atom is 0.238 e. The zero-order valence-electron chi connectivity index (χ0n) is 13.4. The molecule has 1 heterocycles. The first-order valence-corrected chi connectivity index (χ1v) is 8.22. The number of para-hydroxylation sites is 1. The number of hydrogen-bond donors (Lipinski definition) is 3. The Kier molecular flexibility index (Phi) is 5.35.